The third kappa shape index (κ3) is 2.75. The minimum Gasteiger partial charge on any atom is -0.457 e. The fraction of sp³-hybridized carbons (Fsp3) is 0.308. The first-order valence-corrected chi connectivity index (χ1v) is 6.29. The van der Waals surface area contributed by atoms with Crippen LogP contribution in [0.15, 0.2) is 23.1 Å². The molecule has 0 unspecified atom stereocenters. The number of carbonyl (C=O) groups excluding carboxylic acids is 1. The molecule has 0 N–H and O–H groups in total. The van der Waals surface area contributed by atoms with Gasteiger partial charge in [-0.15, -0.1) is 0 Å². The molecule has 0 aliphatic carbocycles. The Kier molecular flexibility index (Phi) is 3.94. The van der Waals surface area contributed by atoms with Gasteiger partial charge in [-0.3, -0.25) is 9.48 Å². The summed E-state index contributed by atoms with van der Waals surface area (Å²) in [4.78, 5) is 23.3. The molecule has 0 saturated heterocycles. The van der Waals surface area contributed by atoms with Gasteiger partial charge in [-0.25, -0.2) is 4.79 Å². The van der Waals surface area contributed by atoms with E-state index in [0.717, 1.165) is 0 Å². The van der Waals surface area contributed by atoms with E-state index >= 15 is 0 Å². The van der Waals surface area contributed by atoms with E-state index in [1.165, 1.54) is 27.6 Å². The average Bonchev–Trinajstić information content (AvgIpc) is 2.64. The van der Waals surface area contributed by atoms with Gasteiger partial charge in [0.15, 0.2) is 0 Å². The highest BCUT2D eigenvalue weighted by molar-refractivity contribution is 6.30. The zero-order chi connectivity index (χ0) is 14.9. The second kappa shape index (κ2) is 5.50. The van der Waals surface area contributed by atoms with Crippen LogP contribution in [0.4, 0.5) is 0 Å². The van der Waals surface area contributed by atoms with Crippen molar-refractivity contribution in [2.75, 3.05) is 0 Å². The van der Waals surface area contributed by atoms with Gasteiger partial charge in [-0.2, -0.15) is 5.10 Å². The number of carbonyl (C=O) groups is 1. The van der Waals surface area contributed by atoms with E-state index in [4.69, 9.17) is 16.3 Å². The molecule has 0 amide bonds. The number of nitrogens with zero attached hydrogens (tertiary/aromatic N) is 3. The average molecular weight is 296 g/mol. The molecular formula is C13H14ClN3O3. The van der Waals surface area contributed by atoms with Crippen LogP contribution in [0.1, 0.15) is 21.6 Å². The van der Waals surface area contributed by atoms with E-state index < -0.39 is 5.97 Å². The number of aryl methyl sites for hydroxylation is 3. The molecule has 0 spiro atoms. The largest absolute Gasteiger partial charge is 0.457 e. The van der Waals surface area contributed by atoms with E-state index in [1.54, 1.807) is 21.0 Å². The topological polar surface area (TPSA) is 66.1 Å². The maximum atomic E-state index is 11.9. The van der Waals surface area contributed by atoms with Crippen molar-refractivity contribution in [3.8, 4) is 0 Å². The summed E-state index contributed by atoms with van der Waals surface area (Å²) in [6.07, 6.45) is 1.52. The summed E-state index contributed by atoms with van der Waals surface area (Å²) >= 11 is 6.05. The lowest BCUT2D eigenvalue weighted by Crippen LogP contribution is -2.17. The summed E-state index contributed by atoms with van der Waals surface area (Å²) in [6, 6.07) is 2.77. The van der Waals surface area contributed by atoms with Crippen LogP contribution in [-0.2, 0) is 25.4 Å². The van der Waals surface area contributed by atoms with Gasteiger partial charge in [0.2, 0.25) is 0 Å². The molecule has 20 heavy (non-hydrogen) atoms. The summed E-state index contributed by atoms with van der Waals surface area (Å²) in [7, 11) is 3.32. The lowest BCUT2D eigenvalue weighted by atomic mass is 10.2. The smallest absolute Gasteiger partial charge is 0.338 e. The zero-order valence-corrected chi connectivity index (χ0v) is 12.1. The minimum atomic E-state index is -0.568. The summed E-state index contributed by atoms with van der Waals surface area (Å²) in [5, 5.41) is 4.56. The lowest BCUT2D eigenvalue weighted by molar-refractivity contribution is 0.0472. The Hall–Kier alpha value is -2.08. The Morgan fingerprint density at radius 2 is 2.15 bits per heavy atom. The van der Waals surface area contributed by atoms with Crippen LogP contribution < -0.4 is 5.56 Å². The van der Waals surface area contributed by atoms with Crippen molar-refractivity contribution < 1.29 is 9.53 Å². The van der Waals surface area contributed by atoms with E-state index in [1.807, 2.05) is 0 Å². The molecule has 6 nitrogen and oxygen atoms in total. The number of hydrogen-bond acceptors (Lipinski definition) is 4. The van der Waals surface area contributed by atoms with Crippen LogP contribution in [0.25, 0.3) is 0 Å². The number of halogens is 1. The molecule has 0 aromatic carbocycles. The molecule has 7 heteroatoms. The van der Waals surface area contributed by atoms with Crippen LogP contribution in [0, 0.1) is 6.92 Å². The first kappa shape index (κ1) is 14.3. The molecule has 2 aromatic rings. The van der Waals surface area contributed by atoms with E-state index in [-0.39, 0.29) is 17.7 Å². The van der Waals surface area contributed by atoms with Gasteiger partial charge in [0.05, 0.1) is 11.3 Å². The van der Waals surface area contributed by atoms with Crippen LogP contribution in [-0.4, -0.2) is 20.3 Å². The van der Waals surface area contributed by atoms with Crippen LogP contribution in [0.5, 0.6) is 0 Å². The van der Waals surface area contributed by atoms with Crippen LogP contribution in [0.2, 0.25) is 5.15 Å². The standard InChI is InChI=1S/C13H14ClN3O3/c1-8-10(12(14)17(3)15-8)7-20-13(19)9-4-5-16(2)11(18)6-9/h4-6H,7H2,1-3H3. The van der Waals surface area contributed by atoms with Gasteiger partial charge in [-0.05, 0) is 13.0 Å². The molecule has 106 valence electrons. The Bertz CT molecular complexity index is 718. The third-order valence-electron chi connectivity index (χ3n) is 2.96. The maximum absolute atomic E-state index is 11.9. The Morgan fingerprint density at radius 3 is 2.70 bits per heavy atom. The highest BCUT2D eigenvalue weighted by Gasteiger charge is 2.14. The molecule has 0 aliphatic rings. The predicted octanol–water partition coefficient (Wildman–Crippen LogP) is 1.44. The van der Waals surface area contributed by atoms with Crippen molar-refractivity contribution in [2.24, 2.45) is 14.1 Å². The highest BCUT2D eigenvalue weighted by atomic mass is 35.5. The molecule has 0 aliphatic heterocycles. The molecule has 0 fully saturated rings. The molecule has 0 atom stereocenters. The van der Waals surface area contributed by atoms with Crippen molar-refractivity contribution in [1.29, 1.82) is 0 Å². The first-order valence-electron chi connectivity index (χ1n) is 5.92. The van der Waals surface area contributed by atoms with Gasteiger partial charge in [-0.1, -0.05) is 11.6 Å². The van der Waals surface area contributed by atoms with E-state index in [0.29, 0.717) is 16.4 Å². The van der Waals surface area contributed by atoms with Gasteiger partial charge in [0.1, 0.15) is 11.8 Å². The van der Waals surface area contributed by atoms with Gasteiger partial charge < -0.3 is 9.30 Å². The van der Waals surface area contributed by atoms with Crippen LogP contribution in [0.3, 0.4) is 0 Å². The number of esters is 1. The number of rotatable bonds is 3. The molecule has 2 heterocycles. The van der Waals surface area contributed by atoms with Crippen molar-refractivity contribution in [2.45, 2.75) is 13.5 Å². The summed E-state index contributed by atoms with van der Waals surface area (Å²) in [6.45, 7) is 1.81. The quantitative estimate of drug-likeness (QED) is 0.804. The van der Waals surface area contributed by atoms with Gasteiger partial charge in [0.25, 0.3) is 5.56 Å². The van der Waals surface area contributed by atoms with Gasteiger partial charge >= 0.3 is 5.97 Å². The Morgan fingerprint density at radius 1 is 1.45 bits per heavy atom. The number of ether oxygens (including phenoxy) is 1. The number of hydrogen-bond donors (Lipinski definition) is 0. The highest BCUT2D eigenvalue weighted by Crippen LogP contribution is 2.19. The monoisotopic (exact) mass is 295 g/mol. The molecule has 2 rings (SSSR count). The summed E-state index contributed by atoms with van der Waals surface area (Å²) < 4.78 is 8.05. The lowest BCUT2D eigenvalue weighted by Gasteiger charge is -2.05. The third-order valence-corrected chi connectivity index (χ3v) is 3.43. The fourth-order valence-corrected chi connectivity index (χ4v) is 1.96. The van der Waals surface area contributed by atoms with Crippen molar-refractivity contribution in [3.05, 3.63) is 50.7 Å². The molecule has 0 bridgehead atoms. The second-order valence-electron chi connectivity index (χ2n) is 4.42. The van der Waals surface area contributed by atoms with Crippen molar-refractivity contribution in [3.63, 3.8) is 0 Å². The number of pyridine rings is 1. The summed E-state index contributed by atoms with van der Waals surface area (Å²) in [5.74, 6) is -0.568. The molecular weight excluding hydrogens is 282 g/mol. The van der Waals surface area contributed by atoms with Crippen molar-refractivity contribution in [1.82, 2.24) is 14.3 Å². The second-order valence-corrected chi connectivity index (χ2v) is 4.78. The Labute approximate surface area is 120 Å². The minimum absolute atomic E-state index is 0.0204. The zero-order valence-electron chi connectivity index (χ0n) is 11.4. The van der Waals surface area contributed by atoms with E-state index in [9.17, 15) is 9.59 Å². The van der Waals surface area contributed by atoms with E-state index in [2.05, 4.69) is 5.10 Å². The predicted molar refractivity (Wildman–Crippen MR) is 73.8 cm³/mol. The SMILES string of the molecule is Cc1nn(C)c(Cl)c1COC(=O)c1ccn(C)c(=O)c1. The first-order chi connectivity index (χ1) is 9.40. The fourth-order valence-electron chi connectivity index (χ4n) is 1.73. The molecule has 0 saturated carbocycles. The normalized spacial score (nSPS) is 10.6. The number of aromatic nitrogens is 3. The van der Waals surface area contributed by atoms with Crippen LogP contribution >= 0.6 is 11.6 Å². The van der Waals surface area contributed by atoms with Gasteiger partial charge in [0, 0.05) is 31.9 Å². The Balaban J connectivity index is 2.12. The van der Waals surface area contributed by atoms with Crippen molar-refractivity contribution >= 4 is 17.6 Å². The molecule has 0 radical (unpaired) electrons. The molecule has 2 aromatic heterocycles. The maximum Gasteiger partial charge on any atom is 0.338 e. The summed E-state index contributed by atoms with van der Waals surface area (Å²) in [5.41, 5.74) is 1.31.